The maximum absolute atomic E-state index is 6.26. The molecular weight excluding hydrogens is 258 g/mol. The molecule has 1 atom stereocenters. The molecule has 19 heavy (non-hydrogen) atoms. The quantitative estimate of drug-likeness (QED) is 0.812. The highest BCUT2D eigenvalue weighted by Crippen LogP contribution is 2.39. The van der Waals surface area contributed by atoms with Crippen LogP contribution in [0.15, 0.2) is 30.3 Å². The summed E-state index contributed by atoms with van der Waals surface area (Å²) in [5, 5.41) is 8.84. The third-order valence-corrected chi connectivity index (χ3v) is 4.08. The molecular formula is C15H18ClN3. The molecule has 1 aromatic carbocycles. The molecule has 1 aliphatic carbocycles. The van der Waals surface area contributed by atoms with Gasteiger partial charge in [-0.15, -0.1) is 10.2 Å². The van der Waals surface area contributed by atoms with Gasteiger partial charge in [0.25, 0.3) is 0 Å². The Morgan fingerprint density at radius 1 is 1.26 bits per heavy atom. The summed E-state index contributed by atoms with van der Waals surface area (Å²) in [5.74, 6) is 1.75. The smallest absolute Gasteiger partial charge is 0.225 e. The van der Waals surface area contributed by atoms with Crippen molar-refractivity contribution in [1.82, 2.24) is 14.8 Å². The fourth-order valence-electron chi connectivity index (χ4n) is 2.57. The van der Waals surface area contributed by atoms with Gasteiger partial charge in [-0.05, 0) is 30.4 Å². The molecule has 1 aliphatic rings. The van der Waals surface area contributed by atoms with E-state index < -0.39 is 0 Å². The van der Waals surface area contributed by atoms with Gasteiger partial charge in [0.1, 0.15) is 0 Å². The van der Waals surface area contributed by atoms with Crippen LogP contribution in [0, 0.1) is 5.92 Å². The lowest BCUT2D eigenvalue weighted by Crippen LogP contribution is -2.11. The van der Waals surface area contributed by atoms with Crippen molar-refractivity contribution >= 4 is 11.6 Å². The van der Waals surface area contributed by atoms with E-state index in [0.29, 0.717) is 11.3 Å². The first kappa shape index (κ1) is 12.7. The Labute approximate surface area is 118 Å². The van der Waals surface area contributed by atoms with Crippen molar-refractivity contribution in [2.75, 3.05) is 0 Å². The van der Waals surface area contributed by atoms with Crippen LogP contribution < -0.4 is 0 Å². The van der Waals surface area contributed by atoms with Gasteiger partial charge in [-0.3, -0.25) is 4.57 Å². The van der Waals surface area contributed by atoms with Crippen molar-refractivity contribution in [1.29, 1.82) is 0 Å². The molecule has 4 heteroatoms. The van der Waals surface area contributed by atoms with Crippen molar-refractivity contribution in [3.63, 3.8) is 0 Å². The summed E-state index contributed by atoms with van der Waals surface area (Å²) in [5.41, 5.74) is 1.08. The van der Waals surface area contributed by atoms with Crippen LogP contribution in [0.5, 0.6) is 0 Å². The molecule has 3 rings (SSSR count). The molecule has 0 aliphatic heterocycles. The maximum Gasteiger partial charge on any atom is 0.225 e. The third kappa shape index (κ3) is 2.66. The average Bonchev–Trinajstić information content (AvgIpc) is 3.19. The summed E-state index contributed by atoms with van der Waals surface area (Å²) >= 11 is 6.26. The number of nitrogens with zero attached hydrogens (tertiary/aromatic N) is 3. The van der Waals surface area contributed by atoms with Gasteiger partial charge in [-0.1, -0.05) is 50.1 Å². The molecule has 0 spiro atoms. The van der Waals surface area contributed by atoms with Crippen molar-refractivity contribution in [3.8, 4) is 11.4 Å². The molecule has 1 unspecified atom stereocenters. The first-order chi connectivity index (χ1) is 9.29. The second-order valence-electron chi connectivity index (χ2n) is 5.27. The third-order valence-electron chi connectivity index (χ3n) is 3.82. The van der Waals surface area contributed by atoms with E-state index >= 15 is 0 Å². The van der Waals surface area contributed by atoms with Gasteiger partial charge < -0.3 is 0 Å². The summed E-state index contributed by atoms with van der Waals surface area (Å²) in [6.45, 7) is 2.21. The Kier molecular flexibility index (Phi) is 3.56. The van der Waals surface area contributed by atoms with Crippen LogP contribution in [0.4, 0.5) is 0 Å². The van der Waals surface area contributed by atoms with E-state index in [1.807, 2.05) is 18.2 Å². The minimum absolute atomic E-state index is 0.408. The van der Waals surface area contributed by atoms with Crippen LogP contribution in [0.25, 0.3) is 11.4 Å². The van der Waals surface area contributed by atoms with Crippen LogP contribution in [0.1, 0.15) is 38.6 Å². The SMILES string of the molecule is CCC(CC1CC1)n1c(Cl)nnc1-c1ccccc1. The zero-order valence-corrected chi connectivity index (χ0v) is 11.8. The zero-order chi connectivity index (χ0) is 13.2. The number of benzene rings is 1. The van der Waals surface area contributed by atoms with E-state index in [0.717, 1.165) is 23.7 Å². The molecule has 0 amide bonds. The minimum atomic E-state index is 0.408. The molecule has 1 saturated carbocycles. The summed E-state index contributed by atoms with van der Waals surface area (Å²) in [4.78, 5) is 0. The first-order valence-corrected chi connectivity index (χ1v) is 7.33. The van der Waals surface area contributed by atoms with E-state index in [9.17, 15) is 0 Å². The molecule has 1 heterocycles. The second-order valence-corrected chi connectivity index (χ2v) is 5.61. The Balaban J connectivity index is 1.97. The summed E-state index contributed by atoms with van der Waals surface area (Å²) in [7, 11) is 0. The van der Waals surface area contributed by atoms with Crippen LogP contribution >= 0.6 is 11.6 Å². The predicted octanol–water partition coefficient (Wildman–Crippen LogP) is 4.35. The number of halogens is 1. The number of hydrogen-bond donors (Lipinski definition) is 0. The molecule has 0 bridgehead atoms. The molecule has 0 saturated heterocycles. The minimum Gasteiger partial charge on any atom is -0.295 e. The van der Waals surface area contributed by atoms with E-state index in [1.165, 1.54) is 19.3 Å². The average molecular weight is 276 g/mol. The summed E-state index contributed by atoms with van der Waals surface area (Å²) in [6, 6.07) is 10.6. The van der Waals surface area contributed by atoms with Gasteiger partial charge >= 0.3 is 0 Å². The van der Waals surface area contributed by atoms with Crippen molar-refractivity contribution in [3.05, 3.63) is 35.6 Å². The van der Waals surface area contributed by atoms with Crippen molar-refractivity contribution < 1.29 is 0 Å². The van der Waals surface area contributed by atoms with Crippen LogP contribution in [-0.4, -0.2) is 14.8 Å². The fraction of sp³-hybridized carbons (Fsp3) is 0.467. The van der Waals surface area contributed by atoms with Gasteiger partial charge in [0.05, 0.1) is 0 Å². The lowest BCUT2D eigenvalue weighted by atomic mass is 10.1. The molecule has 0 N–H and O–H groups in total. The molecule has 100 valence electrons. The number of aromatic nitrogens is 3. The standard InChI is InChI=1S/C15H18ClN3/c1-2-13(10-11-8-9-11)19-14(17-18-15(19)16)12-6-4-3-5-7-12/h3-7,11,13H,2,8-10H2,1H3. The Hall–Kier alpha value is -1.35. The Bertz CT molecular complexity index is 546. The Morgan fingerprint density at radius 2 is 2.00 bits per heavy atom. The van der Waals surface area contributed by atoms with Crippen molar-refractivity contribution in [2.24, 2.45) is 5.92 Å². The van der Waals surface area contributed by atoms with Crippen LogP contribution in [0.3, 0.4) is 0 Å². The highest BCUT2D eigenvalue weighted by atomic mass is 35.5. The van der Waals surface area contributed by atoms with Crippen LogP contribution in [-0.2, 0) is 0 Å². The van der Waals surface area contributed by atoms with E-state index in [4.69, 9.17) is 11.6 Å². The van der Waals surface area contributed by atoms with Gasteiger partial charge in [-0.2, -0.15) is 0 Å². The fourth-order valence-corrected chi connectivity index (χ4v) is 2.83. The lowest BCUT2D eigenvalue weighted by Gasteiger charge is -2.19. The molecule has 1 aromatic heterocycles. The number of hydrogen-bond acceptors (Lipinski definition) is 2. The van der Waals surface area contributed by atoms with Crippen molar-refractivity contribution in [2.45, 2.75) is 38.6 Å². The normalized spacial score (nSPS) is 16.5. The molecule has 3 nitrogen and oxygen atoms in total. The van der Waals surface area contributed by atoms with E-state index in [-0.39, 0.29) is 0 Å². The highest BCUT2D eigenvalue weighted by Gasteiger charge is 2.28. The highest BCUT2D eigenvalue weighted by molar-refractivity contribution is 6.28. The first-order valence-electron chi connectivity index (χ1n) is 6.95. The maximum atomic E-state index is 6.26. The van der Waals surface area contributed by atoms with Gasteiger partial charge in [-0.25, -0.2) is 0 Å². The monoisotopic (exact) mass is 275 g/mol. The van der Waals surface area contributed by atoms with E-state index in [2.05, 4.69) is 33.8 Å². The van der Waals surface area contributed by atoms with Gasteiger partial charge in [0.15, 0.2) is 5.82 Å². The lowest BCUT2D eigenvalue weighted by molar-refractivity contribution is 0.431. The zero-order valence-electron chi connectivity index (χ0n) is 11.1. The van der Waals surface area contributed by atoms with Gasteiger partial charge in [0, 0.05) is 11.6 Å². The molecule has 1 fully saturated rings. The van der Waals surface area contributed by atoms with E-state index in [1.54, 1.807) is 0 Å². The largest absolute Gasteiger partial charge is 0.295 e. The Morgan fingerprint density at radius 3 is 2.63 bits per heavy atom. The van der Waals surface area contributed by atoms with Crippen LogP contribution in [0.2, 0.25) is 5.28 Å². The second kappa shape index (κ2) is 5.33. The summed E-state index contributed by atoms with van der Waals surface area (Å²) < 4.78 is 2.11. The van der Waals surface area contributed by atoms with Gasteiger partial charge in [0.2, 0.25) is 5.28 Å². The summed E-state index contributed by atoms with van der Waals surface area (Å²) in [6.07, 6.45) is 4.97. The predicted molar refractivity (Wildman–Crippen MR) is 77.1 cm³/mol. The molecule has 0 radical (unpaired) electrons. The number of rotatable bonds is 5. The molecule has 2 aromatic rings. The topological polar surface area (TPSA) is 30.7 Å².